The first-order valence-electron chi connectivity index (χ1n) is 6.27. The van der Waals surface area contributed by atoms with Crippen LogP contribution in [0.5, 0.6) is 5.75 Å². The lowest BCUT2D eigenvalue weighted by molar-refractivity contribution is -0.137. The third-order valence-corrected chi connectivity index (χ3v) is 4.83. The maximum absolute atomic E-state index is 13.1. The molecule has 130 valence electrons. The summed E-state index contributed by atoms with van der Waals surface area (Å²) in [7, 11) is -3.18. The van der Waals surface area contributed by atoms with Gasteiger partial charge < -0.3 is 4.74 Å². The minimum absolute atomic E-state index is 0.0543. The van der Waals surface area contributed by atoms with Gasteiger partial charge >= 0.3 is 6.18 Å². The second kappa shape index (κ2) is 6.60. The van der Waals surface area contributed by atoms with Gasteiger partial charge in [-0.05, 0) is 36.4 Å². The monoisotopic (exact) mass is 427 g/mol. The third kappa shape index (κ3) is 3.99. The van der Waals surface area contributed by atoms with Gasteiger partial charge in [0.25, 0.3) is 10.0 Å². The maximum atomic E-state index is 13.1. The number of nitrogens with one attached hydrogen (secondary N) is 1. The van der Waals surface area contributed by atoms with Crippen LogP contribution in [0.15, 0.2) is 45.8 Å². The number of alkyl halides is 3. The van der Waals surface area contributed by atoms with Crippen LogP contribution in [0, 0.1) is 5.82 Å². The van der Waals surface area contributed by atoms with Crippen LogP contribution in [0.1, 0.15) is 5.56 Å². The molecule has 10 heteroatoms. The number of rotatable bonds is 4. The first-order chi connectivity index (χ1) is 11.0. The molecule has 0 spiro atoms. The van der Waals surface area contributed by atoms with Gasteiger partial charge in [0, 0.05) is 4.47 Å². The number of anilines is 1. The quantitative estimate of drug-likeness (QED) is 0.734. The predicted molar refractivity (Wildman–Crippen MR) is 82.9 cm³/mol. The highest BCUT2D eigenvalue weighted by Crippen LogP contribution is 2.37. The van der Waals surface area contributed by atoms with E-state index in [9.17, 15) is 26.0 Å². The van der Waals surface area contributed by atoms with Crippen LogP contribution in [0.2, 0.25) is 0 Å². The highest BCUT2D eigenvalue weighted by molar-refractivity contribution is 9.10. The molecule has 2 aromatic rings. The highest BCUT2D eigenvalue weighted by atomic mass is 79.9. The summed E-state index contributed by atoms with van der Waals surface area (Å²) in [6.07, 6.45) is -4.93. The topological polar surface area (TPSA) is 55.4 Å². The van der Waals surface area contributed by atoms with Crippen LogP contribution < -0.4 is 9.46 Å². The zero-order chi connectivity index (χ0) is 18.1. The van der Waals surface area contributed by atoms with Crippen molar-refractivity contribution in [2.45, 2.75) is 11.1 Å². The van der Waals surface area contributed by atoms with Gasteiger partial charge in [-0.15, -0.1) is 0 Å². The Hall–Kier alpha value is -1.81. The normalized spacial score (nSPS) is 12.1. The second-order valence-corrected chi connectivity index (χ2v) is 7.15. The minimum Gasteiger partial charge on any atom is -0.495 e. The van der Waals surface area contributed by atoms with Crippen molar-refractivity contribution < 1.29 is 30.7 Å². The summed E-state index contributed by atoms with van der Waals surface area (Å²) in [5.41, 5.74) is -2.22. The number of halogens is 5. The molecule has 0 amide bonds. The van der Waals surface area contributed by atoms with Gasteiger partial charge in [0.1, 0.15) is 16.5 Å². The molecule has 2 aromatic carbocycles. The molecule has 0 saturated carbocycles. The van der Waals surface area contributed by atoms with E-state index in [1.54, 1.807) is 0 Å². The Labute approximate surface area is 143 Å². The van der Waals surface area contributed by atoms with E-state index in [2.05, 4.69) is 15.9 Å². The Morgan fingerprint density at radius 1 is 1.12 bits per heavy atom. The van der Waals surface area contributed by atoms with Crippen LogP contribution in [0.3, 0.4) is 0 Å². The number of hydrogen-bond donors (Lipinski definition) is 1. The van der Waals surface area contributed by atoms with Crippen molar-refractivity contribution in [2.75, 3.05) is 11.8 Å². The van der Waals surface area contributed by atoms with Gasteiger partial charge in [-0.1, -0.05) is 15.9 Å². The molecule has 0 radical (unpaired) electrons. The van der Waals surface area contributed by atoms with E-state index in [0.717, 1.165) is 6.07 Å². The average Bonchev–Trinajstić information content (AvgIpc) is 2.48. The molecule has 4 nitrogen and oxygen atoms in total. The van der Waals surface area contributed by atoms with E-state index in [0.29, 0.717) is 10.5 Å². The van der Waals surface area contributed by atoms with E-state index in [4.69, 9.17) is 4.74 Å². The standard InChI is InChI=1S/C14H10BrF4NO3S/c1-23-12-5-2-8(15)6-13(12)24(21,22)20-11-4-3-9(16)7-10(11)14(17,18)19/h2-7,20H,1H3. The molecule has 0 aliphatic carbocycles. The van der Waals surface area contributed by atoms with Crippen LogP contribution in [-0.4, -0.2) is 15.5 Å². The molecule has 0 unspecified atom stereocenters. The Morgan fingerprint density at radius 3 is 2.38 bits per heavy atom. The molecule has 0 fully saturated rings. The van der Waals surface area contributed by atoms with Crippen molar-refractivity contribution in [2.24, 2.45) is 0 Å². The number of ether oxygens (including phenoxy) is 1. The van der Waals surface area contributed by atoms with E-state index in [-0.39, 0.29) is 16.7 Å². The minimum atomic E-state index is -4.93. The number of sulfonamides is 1. The largest absolute Gasteiger partial charge is 0.495 e. The Morgan fingerprint density at radius 2 is 1.79 bits per heavy atom. The molecular formula is C14H10BrF4NO3S. The average molecular weight is 428 g/mol. The van der Waals surface area contributed by atoms with E-state index >= 15 is 0 Å². The first-order valence-corrected chi connectivity index (χ1v) is 8.55. The zero-order valence-corrected chi connectivity index (χ0v) is 14.4. The summed E-state index contributed by atoms with van der Waals surface area (Å²) >= 11 is 3.08. The summed E-state index contributed by atoms with van der Waals surface area (Å²) in [6.45, 7) is 0. The van der Waals surface area contributed by atoms with Gasteiger partial charge in [-0.3, -0.25) is 4.72 Å². The Kier molecular flexibility index (Phi) is 5.09. The lowest BCUT2D eigenvalue weighted by Crippen LogP contribution is -2.18. The van der Waals surface area contributed by atoms with E-state index < -0.39 is 33.3 Å². The van der Waals surface area contributed by atoms with Crippen molar-refractivity contribution in [1.82, 2.24) is 0 Å². The molecule has 1 N–H and O–H groups in total. The van der Waals surface area contributed by atoms with Crippen LogP contribution in [0.4, 0.5) is 23.2 Å². The first kappa shape index (κ1) is 18.5. The summed E-state index contributed by atoms with van der Waals surface area (Å²) in [6, 6.07) is 5.68. The maximum Gasteiger partial charge on any atom is 0.418 e. The number of hydrogen-bond acceptors (Lipinski definition) is 3. The Bertz CT molecular complexity index is 869. The van der Waals surface area contributed by atoms with Gasteiger partial charge in [0.2, 0.25) is 0 Å². The van der Waals surface area contributed by atoms with Crippen LogP contribution in [0.25, 0.3) is 0 Å². The molecule has 0 aliphatic rings. The van der Waals surface area contributed by atoms with Crippen LogP contribution in [-0.2, 0) is 16.2 Å². The molecule has 0 bridgehead atoms. The number of methoxy groups -OCH3 is 1. The fourth-order valence-electron chi connectivity index (χ4n) is 1.90. The lowest BCUT2D eigenvalue weighted by Gasteiger charge is -2.16. The Balaban J connectivity index is 2.54. The van der Waals surface area contributed by atoms with E-state index in [1.807, 2.05) is 4.72 Å². The molecular weight excluding hydrogens is 418 g/mol. The smallest absolute Gasteiger partial charge is 0.418 e. The van der Waals surface area contributed by atoms with Crippen molar-refractivity contribution >= 4 is 31.6 Å². The second-order valence-electron chi connectivity index (χ2n) is 4.59. The molecule has 0 heterocycles. The highest BCUT2D eigenvalue weighted by Gasteiger charge is 2.35. The van der Waals surface area contributed by atoms with Gasteiger partial charge in [0.05, 0.1) is 18.4 Å². The van der Waals surface area contributed by atoms with Gasteiger partial charge in [-0.2, -0.15) is 13.2 Å². The van der Waals surface area contributed by atoms with Crippen molar-refractivity contribution in [3.63, 3.8) is 0 Å². The van der Waals surface area contributed by atoms with Crippen molar-refractivity contribution in [3.8, 4) is 5.75 Å². The molecule has 2 rings (SSSR count). The SMILES string of the molecule is COc1ccc(Br)cc1S(=O)(=O)Nc1ccc(F)cc1C(F)(F)F. The summed E-state index contributed by atoms with van der Waals surface area (Å²) in [5.74, 6) is -1.19. The zero-order valence-electron chi connectivity index (χ0n) is 12.0. The molecule has 24 heavy (non-hydrogen) atoms. The summed E-state index contributed by atoms with van der Waals surface area (Å²) in [5, 5.41) is 0. The third-order valence-electron chi connectivity index (χ3n) is 2.95. The van der Waals surface area contributed by atoms with Crippen molar-refractivity contribution in [3.05, 3.63) is 52.3 Å². The van der Waals surface area contributed by atoms with Crippen molar-refractivity contribution in [1.29, 1.82) is 0 Å². The van der Waals surface area contributed by atoms with Gasteiger partial charge in [0.15, 0.2) is 0 Å². The lowest BCUT2D eigenvalue weighted by atomic mass is 10.2. The fraction of sp³-hybridized carbons (Fsp3) is 0.143. The predicted octanol–water partition coefficient (Wildman–Crippen LogP) is 4.42. The van der Waals surface area contributed by atoms with E-state index in [1.165, 1.54) is 25.3 Å². The molecule has 0 aromatic heterocycles. The summed E-state index contributed by atoms with van der Waals surface area (Å²) < 4.78 is 84.0. The van der Waals surface area contributed by atoms with Crippen LogP contribution >= 0.6 is 15.9 Å². The number of benzene rings is 2. The summed E-state index contributed by atoms with van der Waals surface area (Å²) in [4.78, 5) is -0.364. The fourth-order valence-corrected chi connectivity index (χ4v) is 3.69. The molecule has 0 saturated heterocycles. The van der Waals surface area contributed by atoms with Gasteiger partial charge in [-0.25, -0.2) is 12.8 Å². The molecule has 0 atom stereocenters. The molecule has 0 aliphatic heterocycles.